The zero-order chi connectivity index (χ0) is 19.2. The molecule has 0 bridgehead atoms. The van der Waals surface area contributed by atoms with Crippen LogP contribution in [0.25, 0.3) is 16.5 Å². The lowest BCUT2D eigenvalue weighted by Crippen LogP contribution is -2.14. The van der Waals surface area contributed by atoms with E-state index in [0.717, 1.165) is 15.3 Å². The lowest BCUT2D eigenvalue weighted by atomic mass is 10.2. The number of nitrogens with one attached hydrogen (secondary N) is 1. The lowest BCUT2D eigenvalue weighted by Gasteiger charge is -2.08. The van der Waals surface area contributed by atoms with Crippen LogP contribution < -0.4 is 10.1 Å². The molecule has 1 heterocycles. The largest absolute Gasteiger partial charge is 0.495 e. The van der Waals surface area contributed by atoms with E-state index < -0.39 is 5.91 Å². The van der Waals surface area contributed by atoms with E-state index in [0.29, 0.717) is 11.4 Å². The van der Waals surface area contributed by atoms with Gasteiger partial charge in [0.1, 0.15) is 23.2 Å². The predicted molar refractivity (Wildman–Crippen MR) is 105 cm³/mol. The Morgan fingerprint density at radius 3 is 2.59 bits per heavy atom. The van der Waals surface area contributed by atoms with E-state index in [-0.39, 0.29) is 11.4 Å². The molecule has 6 heteroatoms. The van der Waals surface area contributed by atoms with Gasteiger partial charge in [0.15, 0.2) is 0 Å². The molecule has 0 fully saturated rings. The van der Waals surface area contributed by atoms with Gasteiger partial charge < -0.3 is 10.1 Å². The molecule has 0 aliphatic heterocycles. The van der Waals surface area contributed by atoms with Crippen LogP contribution in [0.15, 0.2) is 66.2 Å². The molecule has 0 atom stereocenters. The Morgan fingerprint density at radius 1 is 1.15 bits per heavy atom. The third-order valence-electron chi connectivity index (χ3n) is 3.76. The average Bonchev–Trinajstić information content (AvgIpc) is 3.15. The first kappa shape index (κ1) is 18.4. The van der Waals surface area contributed by atoms with Gasteiger partial charge in [-0.3, -0.25) is 4.79 Å². The Bertz CT molecular complexity index is 1030. The summed E-state index contributed by atoms with van der Waals surface area (Å²) >= 11 is 1.41. The van der Waals surface area contributed by atoms with Crippen molar-refractivity contribution in [2.45, 2.75) is 0 Å². The van der Waals surface area contributed by atoms with Crippen LogP contribution in [0, 0.1) is 17.1 Å². The fourth-order valence-electron chi connectivity index (χ4n) is 2.43. The number of ether oxygens (including phenoxy) is 1. The van der Waals surface area contributed by atoms with Crippen molar-refractivity contribution in [1.29, 1.82) is 5.26 Å². The maximum Gasteiger partial charge on any atom is 0.266 e. The van der Waals surface area contributed by atoms with Gasteiger partial charge in [-0.05, 0) is 48.0 Å². The van der Waals surface area contributed by atoms with Crippen molar-refractivity contribution in [2.24, 2.45) is 0 Å². The quantitative estimate of drug-likeness (QED) is 0.496. The molecule has 134 valence electrons. The molecule has 3 aromatic rings. The minimum Gasteiger partial charge on any atom is -0.495 e. The van der Waals surface area contributed by atoms with Gasteiger partial charge in [-0.2, -0.15) is 5.26 Å². The Hall–Kier alpha value is -3.43. The van der Waals surface area contributed by atoms with E-state index in [1.165, 1.54) is 36.7 Å². The molecule has 3 rings (SSSR count). The Labute approximate surface area is 160 Å². The first-order valence-corrected chi connectivity index (χ1v) is 8.84. The maximum atomic E-state index is 13.1. The van der Waals surface area contributed by atoms with E-state index in [4.69, 9.17) is 4.74 Å². The van der Waals surface area contributed by atoms with Gasteiger partial charge in [-0.25, -0.2) is 4.39 Å². The molecule has 2 aromatic carbocycles. The van der Waals surface area contributed by atoms with Crippen molar-refractivity contribution in [3.05, 3.63) is 76.9 Å². The third kappa shape index (κ3) is 4.40. The Balaban J connectivity index is 1.81. The number of halogens is 1. The molecule has 0 unspecified atom stereocenters. The minimum atomic E-state index is -0.515. The van der Waals surface area contributed by atoms with Crippen molar-refractivity contribution in [3.8, 4) is 22.3 Å². The zero-order valence-corrected chi connectivity index (χ0v) is 15.2. The number of carbonyl (C=O) groups is 1. The van der Waals surface area contributed by atoms with Crippen molar-refractivity contribution in [1.82, 2.24) is 0 Å². The summed E-state index contributed by atoms with van der Waals surface area (Å²) in [4.78, 5) is 14.1. The summed E-state index contributed by atoms with van der Waals surface area (Å²) in [5, 5.41) is 12.1. The highest BCUT2D eigenvalue weighted by molar-refractivity contribution is 7.16. The topological polar surface area (TPSA) is 62.1 Å². The Kier molecular flexibility index (Phi) is 5.64. The van der Waals surface area contributed by atoms with Gasteiger partial charge in [-0.1, -0.05) is 24.3 Å². The third-order valence-corrected chi connectivity index (χ3v) is 4.84. The summed E-state index contributed by atoms with van der Waals surface area (Å²) in [6.45, 7) is 0. The number of para-hydroxylation sites is 2. The number of nitriles is 1. The van der Waals surface area contributed by atoms with E-state index in [2.05, 4.69) is 5.32 Å². The lowest BCUT2D eigenvalue weighted by molar-refractivity contribution is -0.112. The highest BCUT2D eigenvalue weighted by Gasteiger charge is 2.13. The first-order chi connectivity index (χ1) is 13.1. The summed E-state index contributed by atoms with van der Waals surface area (Å²) in [5.74, 6) is -0.299. The molecular weight excluding hydrogens is 363 g/mol. The molecule has 0 aliphatic rings. The molecule has 1 N–H and O–H groups in total. The number of amides is 1. The van der Waals surface area contributed by atoms with Gasteiger partial charge in [0.25, 0.3) is 5.91 Å². The van der Waals surface area contributed by atoms with E-state index >= 15 is 0 Å². The van der Waals surface area contributed by atoms with Crippen LogP contribution in [0.4, 0.5) is 10.1 Å². The van der Waals surface area contributed by atoms with E-state index in [9.17, 15) is 14.4 Å². The van der Waals surface area contributed by atoms with Gasteiger partial charge in [0, 0.05) is 9.75 Å². The van der Waals surface area contributed by atoms with Crippen molar-refractivity contribution >= 4 is 29.0 Å². The summed E-state index contributed by atoms with van der Waals surface area (Å²) in [6.07, 6.45) is 1.53. The molecule has 1 amide bonds. The highest BCUT2D eigenvalue weighted by atomic mass is 32.1. The number of methoxy groups -OCH3 is 1. The molecular formula is C21H15FN2O2S. The van der Waals surface area contributed by atoms with Crippen molar-refractivity contribution < 1.29 is 13.9 Å². The first-order valence-electron chi connectivity index (χ1n) is 8.02. The summed E-state index contributed by atoms with van der Waals surface area (Å²) in [5.41, 5.74) is 1.34. The minimum absolute atomic E-state index is 0.0200. The highest BCUT2D eigenvalue weighted by Crippen LogP contribution is 2.30. The smallest absolute Gasteiger partial charge is 0.266 e. The zero-order valence-electron chi connectivity index (χ0n) is 14.4. The molecule has 0 radical (unpaired) electrons. The van der Waals surface area contributed by atoms with E-state index in [1.54, 1.807) is 36.4 Å². The molecule has 0 aliphatic carbocycles. The van der Waals surface area contributed by atoms with E-state index in [1.807, 2.05) is 18.2 Å². The average molecular weight is 378 g/mol. The fourth-order valence-corrected chi connectivity index (χ4v) is 3.38. The summed E-state index contributed by atoms with van der Waals surface area (Å²) in [6, 6.07) is 18.8. The van der Waals surface area contributed by atoms with Crippen LogP contribution in [0.2, 0.25) is 0 Å². The molecule has 1 aromatic heterocycles. The second-order valence-corrected chi connectivity index (χ2v) is 6.65. The SMILES string of the molecule is COc1ccccc1NC(=O)/C(C#N)=C/c1ccc(-c2ccc(F)cc2)s1. The fraction of sp³-hybridized carbons (Fsp3) is 0.0476. The second-order valence-electron chi connectivity index (χ2n) is 5.53. The van der Waals surface area contributed by atoms with Crippen molar-refractivity contribution in [2.75, 3.05) is 12.4 Å². The second kappa shape index (κ2) is 8.30. The molecule has 4 nitrogen and oxygen atoms in total. The molecule has 0 saturated carbocycles. The van der Waals surface area contributed by atoms with Crippen LogP contribution in [0.1, 0.15) is 4.88 Å². The number of thiophene rings is 1. The number of carbonyl (C=O) groups excluding carboxylic acids is 1. The number of nitrogens with zero attached hydrogens (tertiary/aromatic N) is 1. The number of anilines is 1. The normalized spacial score (nSPS) is 10.9. The standard InChI is InChI=1S/C21H15FN2O2S/c1-26-19-5-3-2-4-18(19)24-21(25)15(13-23)12-17-10-11-20(27-17)14-6-8-16(22)9-7-14/h2-12H,1H3,(H,24,25)/b15-12+. The van der Waals surface area contributed by atoms with Crippen LogP contribution >= 0.6 is 11.3 Å². The van der Waals surface area contributed by atoms with Crippen LogP contribution in [-0.4, -0.2) is 13.0 Å². The number of hydrogen-bond acceptors (Lipinski definition) is 4. The molecule has 0 saturated heterocycles. The van der Waals surface area contributed by atoms with Crippen LogP contribution in [0.3, 0.4) is 0 Å². The number of rotatable bonds is 5. The van der Waals surface area contributed by atoms with Gasteiger partial charge in [-0.15, -0.1) is 11.3 Å². The number of benzene rings is 2. The Morgan fingerprint density at radius 2 is 1.89 bits per heavy atom. The summed E-state index contributed by atoms with van der Waals surface area (Å²) < 4.78 is 18.2. The van der Waals surface area contributed by atoms with Gasteiger partial charge >= 0.3 is 0 Å². The predicted octanol–water partition coefficient (Wildman–Crippen LogP) is 5.11. The van der Waals surface area contributed by atoms with Crippen LogP contribution in [-0.2, 0) is 4.79 Å². The molecule has 0 spiro atoms. The van der Waals surface area contributed by atoms with Gasteiger partial charge in [0.2, 0.25) is 0 Å². The summed E-state index contributed by atoms with van der Waals surface area (Å²) in [7, 11) is 1.51. The van der Waals surface area contributed by atoms with Crippen molar-refractivity contribution in [3.63, 3.8) is 0 Å². The number of hydrogen-bond donors (Lipinski definition) is 1. The molecule has 27 heavy (non-hydrogen) atoms. The monoisotopic (exact) mass is 378 g/mol. The van der Waals surface area contributed by atoms with Crippen LogP contribution in [0.5, 0.6) is 5.75 Å². The van der Waals surface area contributed by atoms with Gasteiger partial charge in [0.05, 0.1) is 12.8 Å². The maximum absolute atomic E-state index is 13.1.